The molecular weight excluding hydrogens is 406 g/mol. The predicted molar refractivity (Wildman–Crippen MR) is 123 cm³/mol. The third-order valence-electron chi connectivity index (χ3n) is 4.94. The van der Waals surface area contributed by atoms with Crippen LogP contribution in [0.3, 0.4) is 0 Å². The van der Waals surface area contributed by atoms with Gasteiger partial charge in [0.1, 0.15) is 0 Å². The smallest absolute Gasteiger partial charge is 0.258 e. The van der Waals surface area contributed by atoms with Gasteiger partial charge in [-0.3, -0.25) is 4.79 Å². The van der Waals surface area contributed by atoms with Gasteiger partial charge >= 0.3 is 0 Å². The van der Waals surface area contributed by atoms with Crippen LogP contribution in [0.2, 0.25) is 0 Å². The largest absolute Gasteiger partial charge is 0.493 e. The minimum Gasteiger partial charge on any atom is -0.493 e. The van der Waals surface area contributed by atoms with Gasteiger partial charge < -0.3 is 19.3 Å². The van der Waals surface area contributed by atoms with Crippen LogP contribution in [-0.2, 0) is 12.0 Å². The summed E-state index contributed by atoms with van der Waals surface area (Å²) in [6.45, 7) is 9.13. The average Bonchev–Trinajstić information content (AvgIpc) is 3.29. The van der Waals surface area contributed by atoms with E-state index in [1.807, 2.05) is 51.1 Å². The SMILES string of the molecule is CCCCOc1ccc(CNC(=O)c2ccccc2-c2nc(C(C)(C)C)no2)cc1OC. The molecule has 1 heterocycles. The average molecular weight is 438 g/mol. The van der Waals surface area contributed by atoms with Crippen molar-refractivity contribution in [1.29, 1.82) is 0 Å². The molecule has 170 valence electrons. The van der Waals surface area contributed by atoms with Crippen molar-refractivity contribution in [3.8, 4) is 23.0 Å². The Morgan fingerprint density at radius 1 is 1.12 bits per heavy atom. The summed E-state index contributed by atoms with van der Waals surface area (Å²) < 4.78 is 16.7. The number of carbonyl (C=O) groups excluding carboxylic acids is 1. The molecule has 0 radical (unpaired) electrons. The zero-order chi connectivity index (χ0) is 23.1. The van der Waals surface area contributed by atoms with Gasteiger partial charge in [0, 0.05) is 12.0 Å². The van der Waals surface area contributed by atoms with E-state index < -0.39 is 0 Å². The molecule has 3 rings (SSSR count). The van der Waals surface area contributed by atoms with E-state index in [1.165, 1.54) is 0 Å². The summed E-state index contributed by atoms with van der Waals surface area (Å²) in [5.41, 5.74) is 1.74. The molecule has 1 aromatic heterocycles. The number of carbonyl (C=O) groups is 1. The highest BCUT2D eigenvalue weighted by Crippen LogP contribution is 2.29. The Balaban J connectivity index is 1.73. The standard InChI is InChI=1S/C25H31N3O4/c1-6-7-14-31-20-13-12-17(15-21(20)30-5)16-26-22(29)18-10-8-9-11-19(18)23-27-24(28-32-23)25(2,3)4/h8-13,15H,6-7,14,16H2,1-5H3,(H,26,29). The first-order chi connectivity index (χ1) is 15.3. The molecule has 0 bridgehead atoms. The Bertz CT molecular complexity index is 1050. The van der Waals surface area contributed by atoms with Gasteiger partial charge in [-0.25, -0.2) is 0 Å². The second-order valence-corrected chi connectivity index (χ2v) is 8.59. The lowest BCUT2D eigenvalue weighted by atomic mass is 9.96. The van der Waals surface area contributed by atoms with Crippen LogP contribution in [0.1, 0.15) is 62.3 Å². The van der Waals surface area contributed by atoms with Crippen molar-refractivity contribution in [3.63, 3.8) is 0 Å². The first kappa shape index (κ1) is 23.3. The number of hydrogen-bond donors (Lipinski definition) is 1. The highest BCUT2D eigenvalue weighted by atomic mass is 16.5. The van der Waals surface area contributed by atoms with E-state index in [1.54, 1.807) is 19.2 Å². The number of benzene rings is 2. The number of hydrogen-bond acceptors (Lipinski definition) is 6. The fourth-order valence-electron chi connectivity index (χ4n) is 3.05. The van der Waals surface area contributed by atoms with Crippen molar-refractivity contribution in [2.24, 2.45) is 0 Å². The number of nitrogens with zero attached hydrogens (tertiary/aromatic N) is 2. The van der Waals surface area contributed by atoms with Crippen molar-refractivity contribution in [1.82, 2.24) is 15.5 Å². The van der Waals surface area contributed by atoms with Crippen LogP contribution in [-0.4, -0.2) is 29.8 Å². The molecule has 0 fully saturated rings. The number of methoxy groups -OCH3 is 1. The molecule has 1 N–H and O–H groups in total. The minimum atomic E-state index is -0.246. The molecule has 3 aromatic rings. The highest BCUT2D eigenvalue weighted by Gasteiger charge is 2.23. The Morgan fingerprint density at radius 2 is 1.91 bits per heavy atom. The van der Waals surface area contributed by atoms with Crippen LogP contribution in [0.4, 0.5) is 0 Å². The minimum absolute atomic E-state index is 0.224. The molecule has 0 saturated heterocycles. The van der Waals surface area contributed by atoms with Crippen LogP contribution in [0.25, 0.3) is 11.5 Å². The Hall–Kier alpha value is -3.35. The van der Waals surface area contributed by atoms with Gasteiger partial charge in [0.2, 0.25) is 0 Å². The number of unbranched alkanes of at least 4 members (excludes halogenated alkanes) is 1. The summed E-state index contributed by atoms with van der Waals surface area (Å²) in [7, 11) is 1.61. The number of rotatable bonds is 9. The molecule has 0 aliphatic rings. The van der Waals surface area contributed by atoms with Gasteiger partial charge in [-0.15, -0.1) is 0 Å². The second-order valence-electron chi connectivity index (χ2n) is 8.59. The summed E-state index contributed by atoms with van der Waals surface area (Å²) >= 11 is 0. The van der Waals surface area contributed by atoms with E-state index in [-0.39, 0.29) is 11.3 Å². The first-order valence-corrected chi connectivity index (χ1v) is 10.8. The molecule has 32 heavy (non-hydrogen) atoms. The molecule has 1 amide bonds. The monoisotopic (exact) mass is 437 g/mol. The molecule has 7 heteroatoms. The van der Waals surface area contributed by atoms with Gasteiger partial charge in [0.25, 0.3) is 11.8 Å². The fourth-order valence-corrected chi connectivity index (χ4v) is 3.05. The van der Waals surface area contributed by atoms with E-state index in [9.17, 15) is 4.79 Å². The van der Waals surface area contributed by atoms with Gasteiger partial charge in [-0.05, 0) is 36.2 Å². The molecule has 0 saturated carbocycles. The van der Waals surface area contributed by atoms with Crippen molar-refractivity contribution in [3.05, 3.63) is 59.4 Å². The van der Waals surface area contributed by atoms with Crippen LogP contribution >= 0.6 is 0 Å². The third kappa shape index (κ3) is 5.66. The summed E-state index contributed by atoms with van der Waals surface area (Å²) in [5, 5.41) is 7.03. The summed E-state index contributed by atoms with van der Waals surface area (Å²) in [6, 6.07) is 12.9. The lowest BCUT2D eigenvalue weighted by Gasteiger charge is -2.13. The maximum Gasteiger partial charge on any atom is 0.258 e. The Morgan fingerprint density at radius 3 is 2.59 bits per heavy atom. The zero-order valence-electron chi connectivity index (χ0n) is 19.4. The predicted octanol–water partition coefficient (Wildman–Crippen LogP) is 5.15. The summed E-state index contributed by atoms with van der Waals surface area (Å²) in [4.78, 5) is 17.4. The Kier molecular flexibility index (Phi) is 7.51. The van der Waals surface area contributed by atoms with Gasteiger partial charge in [0.15, 0.2) is 17.3 Å². The summed E-state index contributed by atoms with van der Waals surface area (Å²) in [6.07, 6.45) is 2.05. The third-order valence-corrected chi connectivity index (χ3v) is 4.94. The van der Waals surface area contributed by atoms with E-state index in [0.29, 0.717) is 47.5 Å². The number of nitrogens with one attached hydrogen (secondary N) is 1. The molecular formula is C25H31N3O4. The lowest BCUT2D eigenvalue weighted by Crippen LogP contribution is -2.23. The van der Waals surface area contributed by atoms with Crippen molar-refractivity contribution < 1.29 is 18.8 Å². The Labute approximate surface area is 189 Å². The lowest BCUT2D eigenvalue weighted by molar-refractivity contribution is 0.0951. The van der Waals surface area contributed by atoms with E-state index in [4.69, 9.17) is 14.0 Å². The van der Waals surface area contributed by atoms with Crippen molar-refractivity contribution in [2.75, 3.05) is 13.7 Å². The zero-order valence-corrected chi connectivity index (χ0v) is 19.4. The fraction of sp³-hybridized carbons (Fsp3) is 0.400. The number of ether oxygens (including phenoxy) is 2. The normalized spacial score (nSPS) is 11.3. The highest BCUT2D eigenvalue weighted by molar-refractivity contribution is 5.99. The van der Waals surface area contributed by atoms with Crippen molar-refractivity contribution >= 4 is 5.91 Å². The van der Waals surface area contributed by atoms with E-state index in [2.05, 4.69) is 22.4 Å². The van der Waals surface area contributed by atoms with Gasteiger partial charge in [0.05, 0.1) is 24.8 Å². The molecule has 2 aromatic carbocycles. The van der Waals surface area contributed by atoms with Gasteiger partial charge in [-0.1, -0.05) is 57.5 Å². The molecule has 0 aliphatic carbocycles. The van der Waals surface area contributed by atoms with Crippen molar-refractivity contribution in [2.45, 2.75) is 52.5 Å². The van der Waals surface area contributed by atoms with Crippen LogP contribution in [0.5, 0.6) is 11.5 Å². The summed E-state index contributed by atoms with van der Waals surface area (Å²) in [5.74, 6) is 2.05. The van der Waals surface area contributed by atoms with Crippen LogP contribution in [0.15, 0.2) is 47.0 Å². The maximum absolute atomic E-state index is 13.0. The van der Waals surface area contributed by atoms with Crippen LogP contribution < -0.4 is 14.8 Å². The van der Waals surface area contributed by atoms with E-state index in [0.717, 1.165) is 18.4 Å². The maximum atomic E-state index is 13.0. The number of amides is 1. The first-order valence-electron chi connectivity index (χ1n) is 10.8. The second kappa shape index (κ2) is 10.3. The van der Waals surface area contributed by atoms with Crippen LogP contribution in [0, 0.1) is 0 Å². The topological polar surface area (TPSA) is 86.5 Å². The quantitative estimate of drug-likeness (QED) is 0.466. The molecule has 0 spiro atoms. The molecule has 7 nitrogen and oxygen atoms in total. The molecule has 0 unspecified atom stereocenters. The molecule has 0 atom stereocenters. The molecule has 0 aliphatic heterocycles. The number of aromatic nitrogens is 2. The van der Waals surface area contributed by atoms with Gasteiger partial charge in [-0.2, -0.15) is 4.98 Å². The van der Waals surface area contributed by atoms with E-state index >= 15 is 0 Å².